The van der Waals surface area contributed by atoms with Gasteiger partial charge in [-0.3, -0.25) is 4.57 Å². The van der Waals surface area contributed by atoms with Gasteiger partial charge in [-0.1, -0.05) is 170 Å². The molecule has 0 spiro atoms. The molecule has 0 radical (unpaired) electrons. The predicted molar refractivity (Wildman–Crippen MR) is 268 cm³/mol. The zero-order valence-corrected chi connectivity index (χ0v) is 34.7. The van der Waals surface area contributed by atoms with Crippen LogP contribution in [0.15, 0.2) is 234 Å². The predicted octanol–water partition coefficient (Wildman–Crippen LogP) is 14.5. The van der Waals surface area contributed by atoms with Gasteiger partial charge in [0.05, 0.1) is 22.1 Å². The van der Waals surface area contributed by atoms with E-state index < -0.39 is 6.17 Å². The first-order valence-electron chi connectivity index (χ1n) is 21.8. The van der Waals surface area contributed by atoms with E-state index in [1.54, 1.807) is 0 Å². The summed E-state index contributed by atoms with van der Waals surface area (Å²) >= 11 is 0. The third-order valence-electron chi connectivity index (χ3n) is 12.9. The van der Waals surface area contributed by atoms with E-state index in [0.717, 1.165) is 72.1 Å². The van der Waals surface area contributed by atoms with Gasteiger partial charge in [-0.05, 0) is 104 Å². The zero-order chi connectivity index (χ0) is 42.1. The van der Waals surface area contributed by atoms with Gasteiger partial charge in [0.25, 0.3) is 0 Å². The van der Waals surface area contributed by atoms with Crippen LogP contribution in [0.2, 0.25) is 0 Å². The lowest BCUT2D eigenvalue weighted by Gasteiger charge is -2.25. The number of amidine groups is 1. The Morgan fingerprint density at radius 2 is 0.984 bits per heavy atom. The molecular weight excluding hydrogens is 779 g/mol. The molecule has 1 N–H and O–H groups in total. The van der Waals surface area contributed by atoms with Crippen LogP contribution >= 0.6 is 0 Å². The summed E-state index contributed by atoms with van der Waals surface area (Å²) in [5.41, 5.74) is 12.3. The summed E-state index contributed by atoms with van der Waals surface area (Å²) < 4.78 is 4.68. The van der Waals surface area contributed by atoms with Crippen molar-refractivity contribution in [2.75, 3.05) is 0 Å². The second kappa shape index (κ2) is 14.5. The molecule has 12 aromatic rings. The van der Waals surface area contributed by atoms with Crippen molar-refractivity contribution in [1.29, 1.82) is 0 Å². The molecule has 1 aliphatic rings. The molecule has 3 heterocycles. The molecule has 0 saturated heterocycles. The average Bonchev–Trinajstić information content (AvgIpc) is 3.88. The van der Waals surface area contributed by atoms with Gasteiger partial charge in [-0.2, -0.15) is 4.99 Å². The highest BCUT2D eigenvalue weighted by Gasteiger charge is 2.25. The summed E-state index contributed by atoms with van der Waals surface area (Å²) in [5, 5.41) is 13.4. The molecule has 13 rings (SSSR count). The minimum atomic E-state index is -0.394. The molecule has 5 nitrogen and oxygen atoms in total. The number of hydrogen-bond donors (Lipinski definition) is 1. The first-order chi connectivity index (χ1) is 31.7. The van der Waals surface area contributed by atoms with Crippen LogP contribution in [0, 0.1) is 0 Å². The van der Waals surface area contributed by atoms with Gasteiger partial charge in [0.15, 0.2) is 0 Å². The van der Waals surface area contributed by atoms with Gasteiger partial charge in [-0.15, -0.1) is 0 Å². The molecule has 5 heteroatoms. The second-order valence-electron chi connectivity index (χ2n) is 16.7. The fourth-order valence-corrected chi connectivity index (χ4v) is 9.92. The van der Waals surface area contributed by atoms with Gasteiger partial charge in [-0.25, -0.2) is 4.99 Å². The van der Waals surface area contributed by atoms with Gasteiger partial charge < -0.3 is 9.88 Å². The highest BCUT2D eigenvalue weighted by Crippen LogP contribution is 2.39. The molecule has 0 bridgehead atoms. The van der Waals surface area contributed by atoms with Crippen molar-refractivity contribution in [2.24, 2.45) is 9.98 Å². The first-order valence-corrected chi connectivity index (χ1v) is 21.8. The van der Waals surface area contributed by atoms with Crippen LogP contribution in [0.25, 0.3) is 93.1 Å². The molecule has 0 aliphatic carbocycles. The molecule has 0 amide bonds. The molecule has 2 aromatic heterocycles. The van der Waals surface area contributed by atoms with Gasteiger partial charge >= 0.3 is 0 Å². The third kappa shape index (κ3) is 5.86. The number of hydrogen-bond acceptors (Lipinski definition) is 3. The maximum absolute atomic E-state index is 5.47. The smallest absolute Gasteiger partial charge is 0.234 e. The topological polar surface area (TPSA) is 46.6 Å². The molecule has 64 heavy (non-hydrogen) atoms. The van der Waals surface area contributed by atoms with E-state index in [2.05, 4.69) is 239 Å². The van der Waals surface area contributed by atoms with Crippen molar-refractivity contribution >= 4 is 77.0 Å². The van der Waals surface area contributed by atoms with Crippen molar-refractivity contribution in [1.82, 2.24) is 14.5 Å². The lowest BCUT2D eigenvalue weighted by atomic mass is 10.0. The number of benzene rings is 10. The van der Waals surface area contributed by atoms with Crippen LogP contribution in [-0.2, 0) is 0 Å². The Balaban J connectivity index is 0.999. The van der Waals surface area contributed by atoms with Crippen molar-refractivity contribution in [3.05, 3.63) is 236 Å². The molecule has 0 fully saturated rings. The van der Waals surface area contributed by atoms with Gasteiger partial charge in [0.2, 0.25) is 5.96 Å². The number of nitrogens with zero attached hydrogens (tertiary/aromatic N) is 4. The van der Waals surface area contributed by atoms with Crippen LogP contribution in [-0.4, -0.2) is 20.9 Å². The largest absolute Gasteiger partial charge is 0.344 e. The van der Waals surface area contributed by atoms with Crippen LogP contribution in [0.1, 0.15) is 17.3 Å². The molecule has 10 aromatic carbocycles. The monoisotopic (exact) mass is 817 g/mol. The Kier molecular flexibility index (Phi) is 8.21. The van der Waals surface area contributed by atoms with Crippen LogP contribution in [0.3, 0.4) is 0 Å². The fourth-order valence-electron chi connectivity index (χ4n) is 9.92. The Labute approximate surface area is 369 Å². The normalized spacial score (nSPS) is 14.1. The summed E-state index contributed by atoms with van der Waals surface area (Å²) in [4.78, 5) is 10.9. The van der Waals surface area contributed by atoms with E-state index in [0.29, 0.717) is 5.96 Å². The van der Waals surface area contributed by atoms with Gasteiger partial charge in [0, 0.05) is 32.8 Å². The maximum Gasteiger partial charge on any atom is 0.234 e. The molecule has 1 aliphatic heterocycles. The van der Waals surface area contributed by atoms with Crippen molar-refractivity contribution in [3.8, 4) is 27.9 Å². The average molecular weight is 818 g/mol. The number of aliphatic imine (C=N–C) groups is 2. The van der Waals surface area contributed by atoms with E-state index in [9.17, 15) is 0 Å². The van der Waals surface area contributed by atoms with Crippen molar-refractivity contribution in [2.45, 2.75) is 6.17 Å². The molecule has 300 valence electrons. The lowest BCUT2D eigenvalue weighted by Crippen LogP contribution is -2.35. The minimum absolute atomic E-state index is 0.394. The maximum atomic E-state index is 5.47. The summed E-state index contributed by atoms with van der Waals surface area (Å²) in [5.74, 6) is 1.40. The number of fused-ring (bicyclic) bond motifs is 9. The molecule has 0 saturated carbocycles. The quantitative estimate of drug-likeness (QED) is 0.185. The number of para-hydroxylation sites is 2. The van der Waals surface area contributed by atoms with Gasteiger partial charge in [0.1, 0.15) is 12.0 Å². The number of aromatic nitrogens is 2. The third-order valence-corrected chi connectivity index (χ3v) is 12.9. The highest BCUT2D eigenvalue weighted by atomic mass is 15.3. The Bertz CT molecular complexity index is 3870. The van der Waals surface area contributed by atoms with E-state index in [1.165, 1.54) is 38.0 Å². The van der Waals surface area contributed by atoms with Crippen LogP contribution in [0.5, 0.6) is 0 Å². The second-order valence-corrected chi connectivity index (χ2v) is 16.7. The van der Waals surface area contributed by atoms with Crippen molar-refractivity contribution in [3.63, 3.8) is 0 Å². The molecular formula is C59H39N5. The Morgan fingerprint density at radius 3 is 1.78 bits per heavy atom. The molecule has 1 atom stereocenters. The van der Waals surface area contributed by atoms with Crippen molar-refractivity contribution < 1.29 is 0 Å². The Hall–Kier alpha value is -8.54. The van der Waals surface area contributed by atoms with E-state index in [4.69, 9.17) is 9.98 Å². The lowest BCUT2D eigenvalue weighted by molar-refractivity contribution is 0.669. The van der Waals surface area contributed by atoms with E-state index in [1.807, 2.05) is 0 Å². The number of nitrogens with one attached hydrogen (secondary N) is 1. The first kappa shape index (κ1) is 36.1. The summed E-state index contributed by atoms with van der Waals surface area (Å²) in [6.45, 7) is 0. The minimum Gasteiger partial charge on any atom is -0.344 e. The zero-order valence-electron chi connectivity index (χ0n) is 34.7. The standard InChI is InChI=1S/C59H39N5/c1-3-15-38(16-4-1)41-20-13-22-44(33-41)57-60-58(45-23-14-21-42(34-45)39-17-5-2-6-18-39)62-59(61-57)64-52-27-11-9-25-49(52)51-36-46-35-47(31-29-43(46)37-55(51)64)63-53-28-12-10-26-50(53)56-48-24-8-7-19-40(48)30-32-54(56)63/h1-37,57H,(H,60,61,62). The van der Waals surface area contributed by atoms with Crippen LogP contribution < -0.4 is 5.32 Å². The fraction of sp³-hybridized carbons (Fsp3) is 0.0169. The van der Waals surface area contributed by atoms with E-state index >= 15 is 0 Å². The highest BCUT2D eigenvalue weighted by molar-refractivity contribution is 6.22. The van der Waals surface area contributed by atoms with E-state index in [-0.39, 0.29) is 0 Å². The summed E-state index contributed by atoms with van der Waals surface area (Å²) in [6, 6.07) is 80.5. The SMILES string of the molecule is c1ccc(-c2cccc(C3=NC(n4c5ccccc5c5cc6cc(-n7c8ccccc8c8c9ccccc9ccc87)ccc6cc54)=NC(c4cccc(-c5ccccc5)c4)N3)c2)cc1. The summed E-state index contributed by atoms with van der Waals surface area (Å²) in [7, 11) is 0. The summed E-state index contributed by atoms with van der Waals surface area (Å²) in [6.07, 6.45) is -0.394. The number of rotatable bonds is 5. The van der Waals surface area contributed by atoms with Crippen LogP contribution in [0.4, 0.5) is 0 Å². The Morgan fingerprint density at radius 1 is 0.359 bits per heavy atom. The molecule has 1 unspecified atom stereocenters.